The van der Waals surface area contributed by atoms with E-state index < -0.39 is 0 Å². The minimum Gasteiger partial charge on any atom is -0.299 e. The molecular weight excluding hydrogens is 222 g/mol. The molecule has 0 radical (unpaired) electrons. The van der Waals surface area contributed by atoms with E-state index >= 15 is 0 Å². The Morgan fingerprint density at radius 1 is 1.39 bits per heavy atom. The average molecular weight is 245 g/mol. The molecule has 0 aromatic heterocycles. The third kappa shape index (κ3) is 1.25. The van der Waals surface area contributed by atoms with E-state index in [2.05, 4.69) is 17.9 Å². The predicted molar refractivity (Wildman–Crippen MR) is 71.2 cm³/mol. The Morgan fingerprint density at radius 2 is 2.28 bits per heavy atom. The molecule has 0 unspecified atom stereocenters. The number of hydrogen-bond donors (Lipinski definition) is 0. The highest BCUT2D eigenvalue weighted by molar-refractivity contribution is 5.86. The molecule has 0 aromatic carbocycles. The van der Waals surface area contributed by atoms with Gasteiger partial charge in [-0.25, -0.2) is 0 Å². The first-order valence-corrected chi connectivity index (χ1v) is 7.70. The fourth-order valence-corrected chi connectivity index (χ4v) is 5.53. The van der Waals surface area contributed by atoms with Crippen LogP contribution in [0.15, 0.2) is 11.6 Å². The minimum absolute atomic E-state index is 0.175. The fraction of sp³-hybridized carbons (Fsp3) is 0.812. The standard InChI is InChI=1S/C16H23NO/c1-11-8-12-9-15(18)14-5-3-7-17-6-2-4-13(12)16(14,17)10-11/h4,11-12,14H,2-3,5-10H2,1H3/t11-,12+,14+,16-/m1/s1. The van der Waals surface area contributed by atoms with Gasteiger partial charge in [0.25, 0.3) is 0 Å². The molecule has 2 heterocycles. The maximum Gasteiger partial charge on any atom is 0.138 e. The normalized spacial score (nSPS) is 47.5. The van der Waals surface area contributed by atoms with Crippen LogP contribution in [0.1, 0.15) is 45.4 Å². The second-order valence-corrected chi connectivity index (χ2v) is 6.97. The molecule has 3 fully saturated rings. The summed E-state index contributed by atoms with van der Waals surface area (Å²) in [5.41, 5.74) is 1.85. The summed E-state index contributed by atoms with van der Waals surface area (Å²) in [6, 6.07) is 0. The summed E-state index contributed by atoms with van der Waals surface area (Å²) in [4.78, 5) is 15.2. The third-order valence-corrected chi connectivity index (χ3v) is 5.95. The summed E-state index contributed by atoms with van der Waals surface area (Å²) in [6.45, 7) is 4.81. The summed E-state index contributed by atoms with van der Waals surface area (Å²) in [7, 11) is 0. The van der Waals surface area contributed by atoms with Crippen LogP contribution < -0.4 is 0 Å². The lowest BCUT2D eigenvalue weighted by Gasteiger charge is -2.62. The molecule has 98 valence electrons. The zero-order valence-corrected chi connectivity index (χ0v) is 11.3. The van der Waals surface area contributed by atoms with Gasteiger partial charge < -0.3 is 0 Å². The highest BCUT2D eigenvalue weighted by atomic mass is 16.1. The third-order valence-electron chi connectivity index (χ3n) is 5.95. The topological polar surface area (TPSA) is 20.3 Å². The van der Waals surface area contributed by atoms with Crippen molar-refractivity contribution in [1.29, 1.82) is 0 Å². The van der Waals surface area contributed by atoms with E-state index in [9.17, 15) is 4.79 Å². The van der Waals surface area contributed by atoms with Gasteiger partial charge in [0.05, 0.1) is 5.54 Å². The average Bonchev–Trinajstić information content (AvgIpc) is 2.33. The van der Waals surface area contributed by atoms with E-state index in [0.29, 0.717) is 17.6 Å². The smallest absolute Gasteiger partial charge is 0.138 e. The van der Waals surface area contributed by atoms with Gasteiger partial charge in [-0.1, -0.05) is 13.0 Å². The summed E-state index contributed by atoms with van der Waals surface area (Å²) in [5.74, 6) is 2.28. The molecule has 2 bridgehead atoms. The van der Waals surface area contributed by atoms with E-state index in [1.54, 1.807) is 5.57 Å². The van der Waals surface area contributed by atoms with Gasteiger partial charge in [0.15, 0.2) is 0 Å². The Balaban J connectivity index is 1.88. The van der Waals surface area contributed by atoms with Gasteiger partial charge in [-0.3, -0.25) is 9.69 Å². The zero-order valence-electron chi connectivity index (χ0n) is 11.3. The van der Waals surface area contributed by atoms with Gasteiger partial charge in [0.2, 0.25) is 0 Å². The number of ketones is 1. The number of Topliss-reactive ketones (excluding diaryl/α,β-unsaturated/α-hetero) is 1. The van der Waals surface area contributed by atoms with E-state index in [-0.39, 0.29) is 5.54 Å². The predicted octanol–water partition coefficient (Wildman–Crippen LogP) is 2.79. The van der Waals surface area contributed by atoms with Gasteiger partial charge in [-0.15, -0.1) is 0 Å². The van der Waals surface area contributed by atoms with Gasteiger partial charge in [0.1, 0.15) is 5.78 Å². The molecule has 0 aromatic rings. The first-order valence-electron chi connectivity index (χ1n) is 7.70. The Hall–Kier alpha value is -0.630. The molecule has 1 saturated heterocycles. The summed E-state index contributed by atoms with van der Waals surface area (Å²) in [6.07, 6.45) is 9.43. The van der Waals surface area contributed by atoms with E-state index in [0.717, 1.165) is 18.8 Å². The van der Waals surface area contributed by atoms with Crippen molar-refractivity contribution >= 4 is 5.78 Å². The van der Waals surface area contributed by atoms with Crippen molar-refractivity contribution in [3.05, 3.63) is 11.6 Å². The number of piperidine rings is 1. The number of nitrogens with zero attached hydrogens (tertiary/aromatic N) is 1. The van der Waals surface area contributed by atoms with Crippen LogP contribution in [-0.4, -0.2) is 29.3 Å². The van der Waals surface area contributed by atoms with Gasteiger partial charge in [-0.05, 0) is 56.1 Å². The quantitative estimate of drug-likeness (QED) is 0.612. The van der Waals surface area contributed by atoms with Crippen LogP contribution in [0, 0.1) is 17.8 Å². The van der Waals surface area contributed by atoms with Crippen molar-refractivity contribution in [3.63, 3.8) is 0 Å². The van der Waals surface area contributed by atoms with E-state index in [1.165, 1.54) is 38.8 Å². The van der Waals surface area contributed by atoms with Gasteiger partial charge >= 0.3 is 0 Å². The summed E-state index contributed by atoms with van der Waals surface area (Å²) < 4.78 is 0. The van der Waals surface area contributed by atoms with Crippen LogP contribution in [0.4, 0.5) is 0 Å². The van der Waals surface area contributed by atoms with Crippen LogP contribution >= 0.6 is 0 Å². The van der Waals surface area contributed by atoms with Crippen LogP contribution in [0.3, 0.4) is 0 Å². The summed E-state index contributed by atoms with van der Waals surface area (Å²) >= 11 is 0. The van der Waals surface area contributed by atoms with Crippen LogP contribution in [0.2, 0.25) is 0 Å². The molecule has 4 rings (SSSR count). The maximum atomic E-state index is 12.5. The largest absolute Gasteiger partial charge is 0.299 e. The Bertz CT molecular complexity index is 427. The minimum atomic E-state index is 0.175. The van der Waals surface area contributed by atoms with Crippen molar-refractivity contribution in [1.82, 2.24) is 4.90 Å². The molecule has 18 heavy (non-hydrogen) atoms. The first-order chi connectivity index (χ1) is 8.72. The van der Waals surface area contributed by atoms with Crippen LogP contribution in [0.5, 0.6) is 0 Å². The molecular formula is C16H23NO. The molecule has 4 aliphatic rings. The lowest BCUT2D eigenvalue weighted by atomic mass is 9.52. The second kappa shape index (κ2) is 3.69. The first kappa shape index (κ1) is 11.2. The molecule has 4 atom stereocenters. The highest BCUT2D eigenvalue weighted by Gasteiger charge is 2.59. The molecule has 0 N–H and O–H groups in total. The fourth-order valence-electron chi connectivity index (χ4n) is 5.53. The lowest BCUT2D eigenvalue weighted by Crippen LogP contribution is -2.67. The van der Waals surface area contributed by atoms with E-state index in [1.807, 2.05) is 0 Å². The van der Waals surface area contributed by atoms with Gasteiger partial charge in [-0.2, -0.15) is 0 Å². The molecule has 2 nitrogen and oxygen atoms in total. The van der Waals surface area contributed by atoms with Crippen LogP contribution in [0.25, 0.3) is 0 Å². The molecule has 1 spiro atoms. The van der Waals surface area contributed by atoms with Crippen molar-refractivity contribution < 1.29 is 4.79 Å². The highest BCUT2D eigenvalue weighted by Crippen LogP contribution is 2.57. The van der Waals surface area contributed by atoms with E-state index in [4.69, 9.17) is 0 Å². The monoisotopic (exact) mass is 245 g/mol. The Kier molecular flexibility index (Phi) is 2.30. The number of carbonyl (C=O) groups excluding carboxylic acids is 1. The van der Waals surface area contributed by atoms with Gasteiger partial charge in [0, 0.05) is 18.9 Å². The van der Waals surface area contributed by atoms with Crippen LogP contribution in [-0.2, 0) is 4.79 Å². The van der Waals surface area contributed by atoms with Crippen molar-refractivity contribution in [3.8, 4) is 0 Å². The molecule has 2 heteroatoms. The second-order valence-electron chi connectivity index (χ2n) is 6.97. The maximum absolute atomic E-state index is 12.5. The Labute approximate surface area is 109 Å². The van der Waals surface area contributed by atoms with Crippen molar-refractivity contribution in [2.24, 2.45) is 17.8 Å². The zero-order chi connectivity index (χ0) is 12.3. The molecule has 0 amide bonds. The number of hydrogen-bond acceptors (Lipinski definition) is 2. The van der Waals surface area contributed by atoms with Crippen molar-refractivity contribution in [2.45, 2.75) is 51.0 Å². The number of rotatable bonds is 0. The number of carbonyl (C=O) groups is 1. The molecule has 2 saturated carbocycles. The molecule has 2 aliphatic heterocycles. The SMILES string of the molecule is C[C@@H]1C[C@H]2CC(=O)[C@@H]3CCCN4CCC=C2[C@]34C1. The lowest BCUT2D eigenvalue weighted by molar-refractivity contribution is -0.139. The molecule has 2 aliphatic carbocycles. The van der Waals surface area contributed by atoms with Crippen molar-refractivity contribution in [2.75, 3.05) is 13.1 Å². The summed E-state index contributed by atoms with van der Waals surface area (Å²) in [5, 5.41) is 0. The Morgan fingerprint density at radius 3 is 3.17 bits per heavy atom.